The molecule has 0 fully saturated rings. The van der Waals surface area contributed by atoms with Crippen molar-refractivity contribution >= 4 is 5.71 Å². The fourth-order valence-corrected chi connectivity index (χ4v) is 1.02. The highest BCUT2D eigenvalue weighted by molar-refractivity contribution is 6.00. The molecule has 0 aliphatic carbocycles. The minimum Gasteiger partial charge on any atom is -0.496 e. The molecular weight excluding hydrogens is 173 g/mol. The van der Waals surface area contributed by atoms with Crippen molar-refractivity contribution in [2.45, 2.75) is 6.92 Å². The molecule has 0 aliphatic heterocycles. The van der Waals surface area contributed by atoms with E-state index < -0.39 is 0 Å². The smallest absolute Gasteiger partial charge is 0.128 e. The molecule has 0 radical (unpaired) electrons. The summed E-state index contributed by atoms with van der Waals surface area (Å²) >= 11 is 0. The van der Waals surface area contributed by atoms with Crippen LogP contribution in [0.25, 0.3) is 0 Å². The van der Waals surface area contributed by atoms with Gasteiger partial charge in [-0.15, -0.1) is 0 Å². The predicted octanol–water partition coefficient (Wildman–Crippen LogP) is 2.03. The average molecular weight is 183 g/mol. The lowest BCUT2D eigenvalue weighted by molar-refractivity contribution is 0.318. The van der Waals surface area contributed by atoms with E-state index in [1.807, 2.05) is 0 Å². The van der Waals surface area contributed by atoms with Gasteiger partial charge in [0.1, 0.15) is 11.6 Å². The SMILES string of the molecule is COc1ccc(F)cc1C(C)=NO. The molecule has 0 saturated heterocycles. The number of rotatable bonds is 2. The highest BCUT2D eigenvalue weighted by atomic mass is 19.1. The Bertz CT molecular complexity index is 336. The van der Waals surface area contributed by atoms with Gasteiger partial charge in [-0.3, -0.25) is 0 Å². The third-order valence-electron chi connectivity index (χ3n) is 1.70. The summed E-state index contributed by atoms with van der Waals surface area (Å²) in [6, 6.07) is 4.03. The lowest BCUT2D eigenvalue weighted by atomic mass is 10.1. The highest BCUT2D eigenvalue weighted by Gasteiger charge is 2.07. The number of hydrogen-bond acceptors (Lipinski definition) is 3. The highest BCUT2D eigenvalue weighted by Crippen LogP contribution is 2.19. The molecule has 0 spiro atoms. The summed E-state index contributed by atoms with van der Waals surface area (Å²) in [6.07, 6.45) is 0. The molecule has 0 aliphatic rings. The van der Waals surface area contributed by atoms with E-state index in [1.165, 1.54) is 25.3 Å². The first-order valence-electron chi connectivity index (χ1n) is 3.71. The maximum atomic E-state index is 12.8. The fourth-order valence-electron chi connectivity index (χ4n) is 1.02. The lowest BCUT2D eigenvalue weighted by Gasteiger charge is -2.06. The van der Waals surface area contributed by atoms with Crippen LogP contribution in [0, 0.1) is 5.82 Å². The molecule has 4 heteroatoms. The quantitative estimate of drug-likeness (QED) is 0.433. The van der Waals surface area contributed by atoms with Crippen LogP contribution in [0.1, 0.15) is 12.5 Å². The second-order valence-electron chi connectivity index (χ2n) is 2.53. The van der Waals surface area contributed by atoms with Gasteiger partial charge in [0.2, 0.25) is 0 Å². The topological polar surface area (TPSA) is 41.8 Å². The zero-order chi connectivity index (χ0) is 9.84. The second-order valence-corrected chi connectivity index (χ2v) is 2.53. The molecule has 0 unspecified atom stereocenters. The Kier molecular flexibility index (Phi) is 2.84. The summed E-state index contributed by atoms with van der Waals surface area (Å²) in [6.45, 7) is 1.57. The molecule has 0 saturated carbocycles. The molecule has 1 N–H and O–H groups in total. The van der Waals surface area contributed by atoms with E-state index in [9.17, 15) is 4.39 Å². The standard InChI is InChI=1S/C9H10FNO2/c1-6(11-12)8-5-7(10)3-4-9(8)13-2/h3-5,12H,1-2H3. The molecule has 0 amide bonds. The maximum Gasteiger partial charge on any atom is 0.128 e. The first-order chi connectivity index (χ1) is 6.19. The fraction of sp³-hybridized carbons (Fsp3) is 0.222. The van der Waals surface area contributed by atoms with E-state index >= 15 is 0 Å². The van der Waals surface area contributed by atoms with Crippen molar-refractivity contribution in [2.24, 2.45) is 5.16 Å². The van der Waals surface area contributed by atoms with E-state index in [-0.39, 0.29) is 5.82 Å². The van der Waals surface area contributed by atoms with Crippen LogP contribution in [0.2, 0.25) is 0 Å². The first-order valence-corrected chi connectivity index (χ1v) is 3.71. The Morgan fingerprint density at radius 1 is 1.54 bits per heavy atom. The summed E-state index contributed by atoms with van der Waals surface area (Å²) < 4.78 is 17.8. The molecule has 1 rings (SSSR count). The Balaban J connectivity index is 3.23. The van der Waals surface area contributed by atoms with Crippen LogP contribution in [-0.2, 0) is 0 Å². The number of benzene rings is 1. The summed E-state index contributed by atoms with van der Waals surface area (Å²) in [7, 11) is 1.47. The van der Waals surface area contributed by atoms with Crippen LogP contribution < -0.4 is 4.74 Å². The van der Waals surface area contributed by atoms with E-state index in [0.29, 0.717) is 17.0 Å². The number of ether oxygens (including phenoxy) is 1. The van der Waals surface area contributed by atoms with Crippen molar-refractivity contribution in [2.75, 3.05) is 7.11 Å². The van der Waals surface area contributed by atoms with Crippen LogP contribution in [0.4, 0.5) is 4.39 Å². The van der Waals surface area contributed by atoms with Crippen molar-refractivity contribution in [1.29, 1.82) is 0 Å². The second kappa shape index (κ2) is 3.89. The number of methoxy groups -OCH3 is 1. The minimum absolute atomic E-state index is 0.316. The number of oxime groups is 1. The zero-order valence-corrected chi connectivity index (χ0v) is 7.41. The van der Waals surface area contributed by atoms with Gasteiger partial charge in [0.05, 0.1) is 12.8 Å². The maximum absolute atomic E-state index is 12.8. The Morgan fingerprint density at radius 2 is 2.23 bits per heavy atom. The third-order valence-corrected chi connectivity index (χ3v) is 1.70. The Morgan fingerprint density at radius 3 is 2.77 bits per heavy atom. The monoisotopic (exact) mass is 183 g/mol. The van der Waals surface area contributed by atoms with E-state index in [0.717, 1.165) is 0 Å². The van der Waals surface area contributed by atoms with Crippen LogP contribution in [0.5, 0.6) is 5.75 Å². The molecule has 0 atom stereocenters. The zero-order valence-electron chi connectivity index (χ0n) is 7.41. The van der Waals surface area contributed by atoms with Crippen LogP contribution in [-0.4, -0.2) is 18.0 Å². The Hall–Kier alpha value is -1.58. The molecule has 70 valence electrons. The molecule has 1 aromatic rings. The lowest BCUT2D eigenvalue weighted by Crippen LogP contribution is -1.99. The molecule has 1 aromatic carbocycles. The van der Waals surface area contributed by atoms with Crippen molar-refractivity contribution in [3.63, 3.8) is 0 Å². The van der Waals surface area contributed by atoms with Gasteiger partial charge in [0.25, 0.3) is 0 Å². The van der Waals surface area contributed by atoms with Gasteiger partial charge >= 0.3 is 0 Å². The minimum atomic E-state index is -0.390. The summed E-state index contributed by atoms with van der Waals surface area (Å²) in [5.41, 5.74) is 0.765. The van der Waals surface area contributed by atoms with Crippen LogP contribution >= 0.6 is 0 Å². The predicted molar refractivity (Wildman–Crippen MR) is 46.9 cm³/mol. The number of hydrogen-bond donors (Lipinski definition) is 1. The Labute approximate surface area is 75.4 Å². The molecule has 0 bridgehead atoms. The number of halogens is 1. The van der Waals surface area contributed by atoms with Crippen molar-refractivity contribution in [3.05, 3.63) is 29.6 Å². The number of nitrogens with zero attached hydrogens (tertiary/aromatic N) is 1. The molecule has 0 heterocycles. The van der Waals surface area contributed by atoms with Gasteiger partial charge in [0.15, 0.2) is 0 Å². The van der Waals surface area contributed by atoms with Gasteiger partial charge in [-0.1, -0.05) is 5.16 Å². The summed E-state index contributed by atoms with van der Waals surface area (Å²) in [5.74, 6) is 0.0931. The van der Waals surface area contributed by atoms with Crippen LogP contribution in [0.3, 0.4) is 0 Å². The van der Waals surface area contributed by atoms with E-state index in [4.69, 9.17) is 9.94 Å². The molecule has 0 aromatic heterocycles. The first kappa shape index (κ1) is 9.51. The molecule has 13 heavy (non-hydrogen) atoms. The normalized spacial score (nSPS) is 11.5. The largest absolute Gasteiger partial charge is 0.496 e. The summed E-state index contributed by atoms with van der Waals surface area (Å²) in [4.78, 5) is 0. The van der Waals surface area contributed by atoms with E-state index in [1.54, 1.807) is 6.92 Å². The van der Waals surface area contributed by atoms with E-state index in [2.05, 4.69) is 5.16 Å². The van der Waals surface area contributed by atoms with Gasteiger partial charge in [0, 0.05) is 5.56 Å². The molecule has 3 nitrogen and oxygen atoms in total. The van der Waals surface area contributed by atoms with Crippen molar-refractivity contribution < 1.29 is 14.3 Å². The third kappa shape index (κ3) is 1.96. The summed E-state index contributed by atoms with van der Waals surface area (Å²) in [5, 5.41) is 11.5. The van der Waals surface area contributed by atoms with Crippen molar-refractivity contribution in [3.8, 4) is 5.75 Å². The van der Waals surface area contributed by atoms with Gasteiger partial charge < -0.3 is 9.94 Å². The van der Waals surface area contributed by atoms with Gasteiger partial charge in [-0.25, -0.2) is 4.39 Å². The van der Waals surface area contributed by atoms with Gasteiger partial charge in [-0.2, -0.15) is 0 Å². The van der Waals surface area contributed by atoms with Crippen molar-refractivity contribution in [1.82, 2.24) is 0 Å². The van der Waals surface area contributed by atoms with Crippen LogP contribution in [0.15, 0.2) is 23.4 Å². The average Bonchev–Trinajstić information content (AvgIpc) is 2.16. The molecular formula is C9H10FNO2. The van der Waals surface area contributed by atoms with Gasteiger partial charge in [-0.05, 0) is 25.1 Å².